The number of rotatable bonds is 7. The highest BCUT2D eigenvalue weighted by Gasteiger charge is 2.30. The molecule has 0 aromatic heterocycles. The predicted molar refractivity (Wildman–Crippen MR) is 126 cm³/mol. The highest BCUT2D eigenvalue weighted by atomic mass is 35.5. The van der Waals surface area contributed by atoms with Crippen LogP contribution in [0.1, 0.15) is 37.3 Å². The van der Waals surface area contributed by atoms with Crippen LogP contribution in [0.3, 0.4) is 0 Å². The molecule has 3 rings (SSSR count). The second kappa shape index (κ2) is 9.87. The quantitative estimate of drug-likeness (QED) is 0.376. The number of carbonyl (C=O) groups is 1. The molecule has 3 nitrogen and oxygen atoms in total. The molecule has 0 saturated heterocycles. The van der Waals surface area contributed by atoms with Crippen LogP contribution in [0.5, 0.6) is 0 Å². The van der Waals surface area contributed by atoms with Crippen molar-refractivity contribution in [2.75, 3.05) is 11.9 Å². The van der Waals surface area contributed by atoms with Gasteiger partial charge in [0.15, 0.2) is 0 Å². The van der Waals surface area contributed by atoms with E-state index in [9.17, 15) is 23.1 Å². The Hall–Kier alpha value is -2.99. The molecule has 0 amide bonds. The fraction of sp³-hybridized carbons (Fsp3) is 0.269. The lowest BCUT2D eigenvalue weighted by atomic mass is 9.88. The number of carboxylic acids is 1. The van der Waals surface area contributed by atoms with Crippen molar-refractivity contribution in [3.8, 4) is 11.1 Å². The Morgan fingerprint density at radius 1 is 0.939 bits per heavy atom. The molecule has 33 heavy (non-hydrogen) atoms. The smallest absolute Gasteiger partial charge is 0.416 e. The summed E-state index contributed by atoms with van der Waals surface area (Å²) < 4.78 is 39.0. The molecule has 0 saturated carbocycles. The molecule has 0 aliphatic carbocycles. The number of hydrogen-bond acceptors (Lipinski definition) is 2. The Labute approximate surface area is 196 Å². The normalized spacial score (nSPS) is 12.6. The number of alkyl halides is 3. The summed E-state index contributed by atoms with van der Waals surface area (Å²) in [6.07, 6.45) is -3.98. The van der Waals surface area contributed by atoms with Gasteiger partial charge in [-0.1, -0.05) is 43.6 Å². The van der Waals surface area contributed by atoms with Gasteiger partial charge in [0.05, 0.1) is 11.5 Å². The van der Waals surface area contributed by atoms with E-state index in [1.807, 2.05) is 50.1 Å². The van der Waals surface area contributed by atoms with E-state index in [2.05, 4.69) is 0 Å². The molecule has 0 bridgehead atoms. The fourth-order valence-electron chi connectivity index (χ4n) is 3.71. The molecule has 0 spiro atoms. The minimum absolute atomic E-state index is 0.151. The van der Waals surface area contributed by atoms with Crippen LogP contribution < -0.4 is 4.90 Å². The maximum Gasteiger partial charge on any atom is 0.416 e. The molecule has 0 heterocycles. The van der Waals surface area contributed by atoms with Crippen LogP contribution in [0.2, 0.25) is 5.02 Å². The van der Waals surface area contributed by atoms with Gasteiger partial charge in [0.1, 0.15) is 0 Å². The number of benzene rings is 3. The first-order valence-corrected chi connectivity index (χ1v) is 10.9. The van der Waals surface area contributed by atoms with Crippen LogP contribution in [-0.4, -0.2) is 18.1 Å². The molecule has 3 aromatic carbocycles. The summed E-state index contributed by atoms with van der Waals surface area (Å²) in [5, 5.41) is 10.5. The highest BCUT2D eigenvalue weighted by molar-refractivity contribution is 6.30. The third-order valence-corrected chi connectivity index (χ3v) is 5.75. The topological polar surface area (TPSA) is 40.5 Å². The van der Waals surface area contributed by atoms with E-state index >= 15 is 0 Å². The molecule has 0 aliphatic heterocycles. The minimum Gasteiger partial charge on any atom is -0.481 e. The average molecular weight is 476 g/mol. The summed E-state index contributed by atoms with van der Waals surface area (Å²) in [6.45, 7) is 3.91. The first-order chi connectivity index (χ1) is 15.5. The summed E-state index contributed by atoms with van der Waals surface area (Å²) >= 11 is 6.00. The SMILES string of the molecule is CC(C)C[C@H](C(=O)O)c1cc(-c2ccc(C(F)(F)F)cc2)cc(N(C)c2ccc(Cl)cc2)c1. The monoisotopic (exact) mass is 475 g/mol. The van der Waals surface area contributed by atoms with E-state index in [1.54, 1.807) is 18.2 Å². The van der Waals surface area contributed by atoms with E-state index in [0.717, 1.165) is 23.5 Å². The highest BCUT2D eigenvalue weighted by Crippen LogP contribution is 2.36. The lowest BCUT2D eigenvalue weighted by molar-refractivity contribution is -0.139. The number of anilines is 2. The zero-order valence-electron chi connectivity index (χ0n) is 18.5. The molecule has 1 atom stereocenters. The molecule has 7 heteroatoms. The second-order valence-corrected chi connectivity index (χ2v) is 8.88. The van der Waals surface area contributed by atoms with Crippen LogP contribution in [0, 0.1) is 5.92 Å². The van der Waals surface area contributed by atoms with Crippen LogP contribution in [0.15, 0.2) is 66.7 Å². The van der Waals surface area contributed by atoms with E-state index in [4.69, 9.17) is 11.6 Å². The van der Waals surface area contributed by atoms with E-state index < -0.39 is 23.6 Å². The zero-order chi connectivity index (χ0) is 24.3. The Kier molecular flexibility index (Phi) is 7.38. The lowest BCUT2D eigenvalue weighted by Crippen LogP contribution is -2.16. The lowest BCUT2D eigenvalue weighted by Gasteiger charge is -2.24. The summed E-state index contributed by atoms with van der Waals surface area (Å²) in [6, 6.07) is 17.5. The van der Waals surface area contributed by atoms with Crippen LogP contribution in [0.4, 0.5) is 24.5 Å². The van der Waals surface area contributed by atoms with Gasteiger partial charge in [0.2, 0.25) is 0 Å². The van der Waals surface area contributed by atoms with Gasteiger partial charge in [-0.15, -0.1) is 0 Å². The molecule has 0 aliphatic rings. The molecule has 174 valence electrons. The third kappa shape index (κ3) is 6.08. The van der Waals surface area contributed by atoms with E-state index in [-0.39, 0.29) is 5.92 Å². The third-order valence-electron chi connectivity index (χ3n) is 5.49. The summed E-state index contributed by atoms with van der Waals surface area (Å²) in [5.74, 6) is -1.52. The van der Waals surface area contributed by atoms with Crippen molar-refractivity contribution < 1.29 is 23.1 Å². The number of nitrogens with zero attached hydrogens (tertiary/aromatic N) is 1. The van der Waals surface area contributed by atoms with Crippen molar-refractivity contribution in [2.45, 2.75) is 32.4 Å². The van der Waals surface area contributed by atoms with Crippen molar-refractivity contribution in [2.24, 2.45) is 5.92 Å². The standard InChI is InChI=1S/C26H25ClF3NO2/c1-16(2)12-24(25(32)33)19-13-18(17-4-6-20(7-5-17)26(28,29)30)14-23(15-19)31(3)22-10-8-21(27)9-11-22/h4-11,13-16,24H,12H2,1-3H3,(H,32,33)/t24-/m0/s1. The van der Waals surface area contributed by atoms with Crippen LogP contribution in [0.25, 0.3) is 11.1 Å². The predicted octanol–water partition coefficient (Wildman–Crippen LogP) is 8.01. The first-order valence-electron chi connectivity index (χ1n) is 10.5. The van der Waals surface area contributed by atoms with Gasteiger partial charge in [-0.05, 0) is 77.6 Å². The van der Waals surface area contributed by atoms with Crippen LogP contribution in [-0.2, 0) is 11.0 Å². The van der Waals surface area contributed by atoms with E-state index in [1.165, 1.54) is 12.1 Å². The Bertz CT molecular complexity index is 1110. The van der Waals surface area contributed by atoms with Gasteiger partial charge >= 0.3 is 12.1 Å². The van der Waals surface area contributed by atoms with Gasteiger partial charge in [0.25, 0.3) is 0 Å². The minimum atomic E-state index is -4.42. The van der Waals surface area contributed by atoms with Gasteiger partial charge in [-0.25, -0.2) is 0 Å². The Morgan fingerprint density at radius 2 is 1.55 bits per heavy atom. The Balaban J connectivity index is 2.12. The summed E-state index contributed by atoms with van der Waals surface area (Å²) in [7, 11) is 1.84. The van der Waals surface area contributed by atoms with Gasteiger partial charge in [0, 0.05) is 23.4 Å². The summed E-state index contributed by atoms with van der Waals surface area (Å²) in [4.78, 5) is 14.0. The maximum atomic E-state index is 13.0. The molecule has 3 aromatic rings. The summed E-state index contributed by atoms with van der Waals surface area (Å²) in [5.41, 5.74) is 2.65. The number of hydrogen-bond donors (Lipinski definition) is 1. The second-order valence-electron chi connectivity index (χ2n) is 8.44. The number of carboxylic acid groups (broad SMARTS) is 1. The van der Waals surface area contributed by atoms with Gasteiger partial charge in [-0.3, -0.25) is 4.79 Å². The molecular formula is C26H25ClF3NO2. The molecule has 1 N–H and O–H groups in total. The van der Waals surface area contributed by atoms with Crippen LogP contribution >= 0.6 is 11.6 Å². The number of aliphatic carboxylic acids is 1. The average Bonchev–Trinajstić information content (AvgIpc) is 2.76. The van der Waals surface area contributed by atoms with Crippen molar-refractivity contribution in [1.82, 2.24) is 0 Å². The molecular weight excluding hydrogens is 451 g/mol. The number of halogens is 4. The van der Waals surface area contributed by atoms with Gasteiger partial charge < -0.3 is 10.0 Å². The maximum absolute atomic E-state index is 13.0. The molecule has 0 fully saturated rings. The first kappa shape index (κ1) is 24.6. The van der Waals surface area contributed by atoms with Gasteiger partial charge in [-0.2, -0.15) is 13.2 Å². The van der Waals surface area contributed by atoms with Crippen molar-refractivity contribution in [3.63, 3.8) is 0 Å². The zero-order valence-corrected chi connectivity index (χ0v) is 19.3. The fourth-order valence-corrected chi connectivity index (χ4v) is 3.84. The Morgan fingerprint density at radius 3 is 2.06 bits per heavy atom. The van der Waals surface area contributed by atoms with Crippen molar-refractivity contribution >= 4 is 28.9 Å². The molecule has 0 radical (unpaired) electrons. The largest absolute Gasteiger partial charge is 0.481 e. The van der Waals surface area contributed by atoms with Crippen molar-refractivity contribution in [3.05, 3.63) is 82.9 Å². The van der Waals surface area contributed by atoms with E-state index in [0.29, 0.717) is 28.1 Å². The molecule has 0 unspecified atom stereocenters. The van der Waals surface area contributed by atoms with Crippen molar-refractivity contribution in [1.29, 1.82) is 0 Å².